The molecule has 0 spiro atoms. The zero-order valence-corrected chi connectivity index (χ0v) is 15.2. The molecule has 0 fully saturated rings. The van der Waals surface area contributed by atoms with Crippen LogP contribution in [0.2, 0.25) is 0 Å². The molecule has 2 aromatic rings. The van der Waals surface area contributed by atoms with E-state index in [-0.39, 0.29) is 28.7 Å². The van der Waals surface area contributed by atoms with Gasteiger partial charge in [-0.1, -0.05) is 26.8 Å². The molecule has 3 heterocycles. The molecule has 142 valence electrons. The van der Waals surface area contributed by atoms with Crippen molar-refractivity contribution < 1.29 is 13.2 Å². The fourth-order valence-electron chi connectivity index (χ4n) is 3.15. The van der Waals surface area contributed by atoms with Crippen LogP contribution >= 0.6 is 0 Å². The second-order valence-corrected chi connectivity index (χ2v) is 7.63. The van der Waals surface area contributed by atoms with Gasteiger partial charge in [0.2, 0.25) is 0 Å². The number of hydrogen-bond acceptors (Lipinski definition) is 4. The Morgan fingerprint density at radius 2 is 1.92 bits per heavy atom. The Balaban J connectivity index is 2.11. The van der Waals surface area contributed by atoms with E-state index < -0.39 is 11.9 Å². The fraction of sp³-hybridized carbons (Fsp3) is 0.529. The van der Waals surface area contributed by atoms with E-state index >= 15 is 0 Å². The van der Waals surface area contributed by atoms with Crippen LogP contribution in [0.25, 0.3) is 11.4 Å². The van der Waals surface area contributed by atoms with Crippen molar-refractivity contribution in [3.05, 3.63) is 29.6 Å². The molecule has 0 aromatic carbocycles. The van der Waals surface area contributed by atoms with Gasteiger partial charge in [-0.05, 0) is 17.4 Å². The molecule has 0 amide bonds. The summed E-state index contributed by atoms with van der Waals surface area (Å²) in [6, 6.07) is 1.61. The topological polar surface area (TPSA) is 73.7 Å². The van der Waals surface area contributed by atoms with E-state index in [1.807, 2.05) is 0 Å². The molecule has 6 nitrogen and oxygen atoms in total. The van der Waals surface area contributed by atoms with Gasteiger partial charge in [0.15, 0.2) is 11.5 Å². The Bertz CT molecular complexity index is 838. The Morgan fingerprint density at radius 1 is 1.23 bits per heavy atom. The van der Waals surface area contributed by atoms with Crippen molar-refractivity contribution in [1.82, 2.24) is 24.9 Å². The van der Waals surface area contributed by atoms with Gasteiger partial charge in [0.1, 0.15) is 5.82 Å². The summed E-state index contributed by atoms with van der Waals surface area (Å²) < 4.78 is 43.5. The first-order chi connectivity index (χ1) is 12.0. The van der Waals surface area contributed by atoms with E-state index in [9.17, 15) is 13.2 Å². The minimum absolute atomic E-state index is 0.0427. The zero-order valence-electron chi connectivity index (χ0n) is 15.2. The zero-order chi connectivity index (χ0) is 19.3. The summed E-state index contributed by atoms with van der Waals surface area (Å²) >= 11 is 0. The molecule has 0 saturated carbocycles. The van der Waals surface area contributed by atoms with Crippen molar-refractivity contribution in [2.75, 3.05) is 12.3 Å². The van der Waals surface area contributed by atoms with Gasteiger partial charge >= 0.3 is 6.18 Å². The Hall–Kier alpha value is -2.29. The molecule has 3 N–H and O–H groups in total. The van der Waals surface area contributed by atoms with Crippen LogP contribution < -0.4 is 11.1 Å². The second-order valence-electron chi connectivity index (χ2n) is 7.63. The van der Waals surface area contributed by atoms with Crippen LogP contribution in [-0.4, -0.2) is 32.1 Å². The van der Waals surface area contributed by atoms with Gasteiger partial charge in [0.25, 0.3) is 0 Å². The summed E-state index contributed by atoms with van der Waals surface area (Å²) in [7, 11) is 1.68. The molecule has 0 radical (unpaired) electrons. The van der Waals surface area contributed by atoms with Crippen LogP contribution in [0.15, 0.2) is 18.3 Å². The fourth-order valence-corrected chi connectivity index (χ4v) is 3.15. The number of halogens is 3. The Kier molecular flexibility index (Phi) is 4.38. The number of nitrogens with zero attached hydrogens (tertiary/aromatic N) is 4. The molecule has 1 unspecified atom stereocenters. The number of rotatable bonds is 2. The molecule has 1 atom stereocenters. The number of aryl methyl sites for hydroxylation is 1. The minimum Gasteiger partial charge on any atom is -0.383 e. The van der Waals surface area contributed by atoms with Crippen LogP contribution in [0, 0.1) is 5.41 Å². The summed E-state index contributed by atoms with van der Waals surface area (Å²) in [5, 5.41) is 11.2. The second kappa shape index (κ2) is 6.15. The van der Waals surface area contributed by atoms with E-state index in [4.69, 9.17) is 5.73 Å². The summed E-state index contributed by atoms with van der Waals surface area (Å²) in [6.45, 7) is 6.65. The lowest BCUT2D eigenvalue weighted by molar-refractivity contribution is -0.141. The van der Waals surface area contributed by atoms with Gasteiger partial charge < -0.3 is 11.1 Å². The van der Waals surface area contributed by atoms with Gasteiger partial charge in [-0.15, -0.1) is 0 Å². The number of nitrogens with two attached hydrogens (primary N) is 1. The monoisotopic (exact) mass is 368 g/mol. The predicted molar refractivity (Wildman–Crippen MR) is 93.6 cm³/mol. The molecule has 1 aliphatic heterocycles. The number of hydrogen-bond donors (Lipinski definition) is 2. The number of anilines is 1. The molecule has 0 saturated heterocycles. The van der Waals surface area contributed by atoms with E-state index in [0.717, 1.165) is 4.68 Å². The van der Waals surface area contributed by atoms with Crippen molar-refractivity contribution in [3.8, 4) is 5.82 Å². The number of nitrogen functional groups attached to an aromatic ring is 1. The van der Waals surface area contributed by atoms with Gasteiger partial charge in [-0.3, -0.25) is 4.68 Å². The third kappa shape index (κ3) is 3.35. The maximum atomic E-state index is 13.6. The van der Waals surface area contributed by atoms with Crippen LogP contribution in [0.4, 0.5) is 19.0 Å². The first kappa shape index (κ1) is 18.5. The van der Waals surface area contributed by atoms with E-state index in [1.54, 1.807) is 25.4 Å². The van der Waals surface area contributed by atoms with Crippen LogP contribution in [0.1, 0.15) is 38.4 Å². The average molecular weight is 368 g/mol. The first-order valence-corrected chi connectivity index (χ1v) is 8.37. The van der Waals surface area contributed by atoms with Gasteiger partial charge in [-0.2, -0.15) is 28.1 Å². The van der Waals surface area contributed by atoms with E-state index in [1.165, 1.54) is 4.68 Å². The number of aromatic nitrogens is 4. The van der Waals surface area contributed by atoms with Gasteiger partial charge in [0, 0.05) is 31.9 Å². The lowest BCUT2D eigenvalue weighted by atomic mass is 9.80. The lowest BCUT2D eigenvalue weighted by Gasteiger charge is -2.35. The molecular formula is C17H23F3N6. The highest BCUT2D eigenvalue weighted by Gasteiger charge is 2.41. The Labute approximate surface area is 149 Å². The van der Waals surface area contributed by atoms with Crippen molar-refractivity contribution in [2.45, 2.75) is 39.4 Å². The summed E-state index contributed by atoms with van der Waals surface area (Å²) in [5.41, 5.74) is 5.58. The third-order valence-electron chi connectivity index (χ3n) is 4.61. The standard InChI is InChI=1S/C17H23F3N6/c1-16(2,3)11-9-10(5-7-22-11)13-14(17(18,19)20)24-26(15(13)21)12-6-8-25(4)23-12/h5-6,8,11,22H,7,9,21H2,1-4H3. The SMILES string of the molecule is Cn1ccc(-n2nc(C(F)(F)F)c(C3=CCNC(C(C)(C)C)C3)c2N)n1. The number of nitrogens with one attached hydrogen (secondary N) is 1. The predicted octanol–water partition coefficient (Wildman–Crippen LogP) is 3.00. The third-order valence-corrected chi connectivity index (χ3v) is 4.61. The van der Waals surface area contributed by atoms with Gasteiger partial charge in [0.05, 0.1) is 5.56 Å². The average Bonchev–Trinajstić information content (AvgIpc) is 3.09. The smallest absolute Gasteiger partial charge is 0.383 e. The molecule has 0 bridgehead atoms. The first-order valence-electron chi connectivity index (χ1n) is 8.37. The molecule has 0 aliphatic carbocycles. The molecular weight excluding hydrogens is 345 g/mol. The highest BCUT2D eigenvalue weighted by Crippen LogP contribution is 2.41. The normalized spacial score (nSPS) is 18.9. The molecule has 1 aliphatic rings. The van der Waals surface area contributed by atoms with Crippen molar-refractivity contribution >= 4 is 11.4 Å². The maximum Gasteiger partial charge on any atom is 0.435 e. The highest BCUT2D eigenvalue weighted by molar-refractivity contribution is 5.77. The molecule has 26 heavy (non-hydrogen) atoms. The van der Waals surface area contributed by atoms with Crippen molar-refractivity contribution in [2.24, 2.45) is 12.5 Å². The highest BCUT2D eigenvalue weighted by atomic mass is 19.4. The van der Waals surface area contributed by atoms with Crippen LogP contribution in [-0.2, 0) is 13.2 Å². The largest absolute Gasteiger partial charge is 0.435 e. The summed E-state index contributed by atoms with van der Waals surface area (Å²) in [4.78, 5) is 0. The van der Waals surface area contributed by atoms with Crippen LogP contribution in [0.5, 0.6) is 0 Å². The van der Waals surface area contributed by atoms with Gasteiger partial charge in [-0.25, -0.2) is 0 Å². The minimum atomic E-state index is -4.60. The Morgan fingerprint density at radius 3 is 2.46 bits per heavy atom. The molecule has 2 aromatic heterocycles. The number of alkyl halides is 3. The van der Waals surface area contributed by atoms with E-state index in [0.29, 0.717) is 18.5 Å². The van der Waals surface area contributed by atoms with Crippen LogP contribution in [0.3, 0.4) is 0 Å². The lowest BCUT2D eigenvalue weighted by Crippen LogP contribution is -2.42. The summed E-state index contributed by atoms with van der Waals surface area (Å²) in [5.74, 6) is 0.209. The molecule has 3 rings (SSSR count). The van der Waals surface area contributed by atoms with Crippen molar-refractivity contribution in [3.63, 3.8) is 0 Å². The molecule has 9 heteroatoms. The maximum absolute atomic E-state index is 13.6. The van der Waals surface area contributed by atoms with E-state index in [2.05, 4.69) is 36.3 Å². The quantitative estimate of drug-likeness (QED) is 0.855. The van der Waals surface area contributed by atoms with Crippen molar-refractivity contribution in [1.29, 1.82) is 0 Å². The summed E-state index contributed by atoms with van der Waals surface area (Å²) in [6.07, 6.45) is -0.770.